The van der Waals surface area contributed by atoms with Crippen molar-refractivity contribution in [2.45, 2.75) is 18.5 Å². The molecule has 27 heavy (non-hydrogen) atoms. The Hall–Kier alpha value is -1.85. The number of thiazole rings is 1. The normalized spacial score (nSPS) is 22.3. The smallest absolute Gasteiger partial charge is 0.281 e. The van der Waals surface area contributed by atoms with Crippen LogP contribution in [-0.4, -0.2) is 36.2 Å². The van der Waals surface area contributed by atoms with Crippen LogP contribution in [0.3, 0.4) is 0 Å². The second-order valence-electron chi connectivity index (χ2n) is 5.77. The van der Waals surface area contributed by atoms with Gasteiger partial charge in [-0.3, -0.25) is 4.79 Å². The standard InChI is InChI=1S/C16H16ClFN4O3S2/c1-2-6-22-14(15(23)20-10-3-4-12(18)11(17)8-10)9-13(21-27(22,24)25)16-19-5-7-26-16/h2-5,7-8,13-14,21H,1,6,9H2,(H,20,23)/t13-,14+/m1/s1. The minimum absolute atomic E-state index is 0.0395. The number of benzene rings is 1. The highest BCUT2D eigenvalue weighted by atomic mass is 35.5. The van der Waals surface area contributed by atoms with Gasteiger partial charge in [0.25, 0.3) is 10.2 Å². The zero-order valence-electron chi connectivity index (χ0n) is 13.9. The van der Waals surface area contributed by atoms with Crippen molar-refractivity contribution in [2.75, 3.05) is 11.9 Å². The minimum atomic E-state index is -3.93. The number of aromatic nitrogens is 1. The van der Waals surface area contributed by atoms with Gasteiger partial charge in [-0.15, -0.1) is 17.9 Å². The van der Waals surface area contributed by atoms with Crippen molar-refractivity contribution in [2.24, 2.45) is 0 Å². The topological polar surface area (TPSA) is 91.4 Å². The molecule has 0 saturated carbocycles. The van der Waals surface area contributed by atoms with E-state index in [1.165, 1.54) is 29.5 Å². The van der Waals surface area contributed by atoms with Gasteiger partial charge in [0.2, 0.25) is 5.91 Å². The molecule has 0 spiro atoms. The van der Waals surface area contributed by atoms with E-state index < -0.39 is 34.0 Å². The van der Waals surface area contributed by atoms with Gasteiger partial charge >= 0.3 is 0 Å². The quantitative estimate of drug-likeness (QED) is 0.713. The number of rotatable bonds is 5. The third-order valence-electron chi connectivity index (χ3n) is 3.95. The molecule has 0 radical (unpaired) electrons. The summed E-state index contributed by atoms with van der Waals surface area (Å²) in [6, 6.07) is 2.12. The molecular weight excluding hydrogens is 415 g/mol. The Kier molecular flexibility index (Phi) is 5.92. The van der Waals surface area contributed by atoms with Gasteiger partial charge < -0.3 is 5.32 Å². The van der Waals surface area contributed by atoms with Gasteiger partial charge in [-0.25, -0.2) is 9.37 Å². The van der Waals surface area contributed by atoms with E-state index in [-0.39, 0.29) is 23.7 Å². The fourth-order valence-corrected chi connectivity index (χ4v) is 5.23. The zero-order valence-corrected chi connectivity index (χ0v) is 16.3. The maximum Gasteiger partial charge on any atom is 0.281 e. The molecule has 1 amide bonds. The average molecular weight is 431 g/mol. The Bertz CT molecular complexity index is 953. The molecule has 1 aliphatic rings. The van der Waals surface area contributed by atoms with E-state index in [1.54, 1.807) is 11.6 Å². The summed E-state index contributed by atoms with van der Waals surface area (Å²) in [5, 5.41) is 4.75. The van der Waals surface area contributed by atoms with Crippen LogP contribution in [0.15, 0.2) is 42.4 Å². The lowest BCUT2D eigenvalue weighted by Crippen LogP contribution is -2.57. The summed E-state index contributed by atoms with van der Waals surface area (Å²) in [6.07, 6.45) is 3.15. The largest absolute Gasteiger partial charge is 0.325 e. The molecule has 0 bridgehead atoms. The molecule has 2 aromatic rings. The van der Waals surface area contributed by atoms with E-state index in [4.69, 9.17) is 11.6 Å². The summed E-state index contributed by atoms with van der Waals surface area (Å²) < 4.78 is 42.2. The van der Waals surface area contributed by atoms with Crippen LogP contribution >= 0.6 is 22.9 Å². The number of hydrogen-bond donors (Lipinski definition) is 2. The van der Waals surface area contributed by atoms with E-state index in [0.29, 0.717) is 5.01 Å². The summed E-state index contributed by atoms with van der Waals surface area (Å²) in [5.41, 5.74) is 0.270. The molecule has 7 nitrogen and oxygen atoms in total. The van der Waals surface area contributed by atoms with Crippen molar-refractivity contribution in [1.82, 2.24) is 14.0 Å². The van der Waals surface area contributed by atoms with Crippen molar-refractivity contribution in [3.05, 3.63) is 58.3 Å². The molecule has 1 aliphatic heterocycles. The van der Waals surface area contributed by atoms with Crippen molar-refractivity contribution < 1.29 is 17.6 Å². The van der Waals surface area contributed by atoms with Crippen molar-refractivity contribution in [3.8, 4) is 0 Å². The highest BCUT2D eigenvalue weighted by Gasteiger charge is 2.43. The molecule has 144 valence electrons. The van der Waals surface area contributed by atoms with Gasteiger partial charge in [0.1, 0.15) is 16.9 Å². The van der Waals surface area contributed by atoms with Crippen LogP contribution < -0.4 is 10.0 Å². The van der Waals surface area contributed by atoms with Gasteiger partial charge in [0.05, 0.1) is 11.1 Å². The average Bonchev–Trinajstić information content (AvgIpc) is 3.14. The molecule has 0 unspecified atom stereocenters. The lowest BCUT2D eigenvalue weighted by atomic mass is 10.1. The molecule has 2 atom stereocenters. The molecular formula is C16H16ClFN4O3S2. The highest BCUT2D eigenvalue weighted by Crippen LogP contribution is 2.30. The molecule has 1 fully saturated rings. The van der Waals surface area contributed by atoms with Gasteiger partial charge in [-0.2, -0.15) is 17.4 Å². The third kappa shape index (κ3) is 4.36. The van der Waals surface area contributed by atoms with Gasteiger partial charge in [-0.05, 0) is 24.6 Å². The van der Waals surface area contributed by atoms with E-state index in [9.17, 15) is 17.6 Å². The second kappa shape index (κ2) is 8.03. The number of halogens is 2. The van der Waals surface area contributed by atoms with Gasteiger partial charge in [-0.1, -0.05) is 17.7 Å². The maximum absolute atomic E-state index is 13.3. The second-order valence-corrected chi connectivity index (χ2v) is 8.76. The Morgan fingerprint density at radius 2 is 2.33 bits per heavy atom. The Balaban J connectivity index is 1.88. The number of hydrogen-bond acceptors (Lipinski definition) is 5. The van der Waals surface area contributed by atoms with Crippen LogP contribution in [0, 0.1) is 5.82 Å². The molecule has 2 heterocycles. The van der Waals surface area contributed by atoms with Crippen molar-refractivity contribution in [1.29, 1.82) is 0 Å². The summed E-state index contributed by atoms with van der Waals surface area (Å²) >= 11 is 7.03. The van der Waals surface area contributed by atoms with Crippen LogP contribution in [0.1, 0.15) is 17.5 Å². The van der Waals surface area contributed by atoms with Crippen LogP contribution in [0.25, 0.3) is 0 Å². The van der Waals surface area contributed by atoms with E-state index in [2.05, 4.69) is 21.6 Å². The number of carbonyl (C=O) groups is 1. The first-order valence-corrected chi connectivity index (χ1v) is 10.6. The monoisotopic (exact) mass is 430 g/mol. The first kappa shape index (κ1) is 19.9. The van der Waals surface area contributed by atoms with E-state index >= 15 is 0 Å². The Morgan fingerprint density at radius 3 is 2.96 bits per heavy atom. The summed E-state index contributed by atoms with van der Waals surface area (Å²) in [7, 11) is -3.93. The first-order valence-electron chi connectivity index (χ1n) is 7.87. The van der Waals surface area contributed by atoms with Crippen LogP contribution in [-0.2, 0) is 15.0 Å². The fourth-order valence-electron chi connectivity index (χ4n) is 2.75. The summed E-state index contributed by atoms with van der Waals surface area (Å²) in [6.45, 7) is 3.51. The molecule has 1 saturated heterocycles. The Labute approximate surface area is 165 Å². The van der Waals surface area contributed by atoms with Crippen molar-refractivity contribution in [3.63, 3.8) is 0 Å². The zero-order chi connectivity index (χ0) is 19.6. The van der Waals surface area contributed by atoms with Crippen molar-refractivity contribution >= 4 is 44.7 Å². The molecule has 3 rings (SSSR count). The lowest BCUT2D eigenvalue weighted by Gasteiger charge is -2.37. The number of carbonyl (C=O) groups excluding carboxylic acids is 1. The molecule has 1 aromatic carbocycles. The number of nitrogens with one attached hydrogen (secondary N) is 2. The first-order chi connectivity index (χ1) is 12.8. The predicted molar refractivity (Wildman–Crippen MR) is 102 cm³/mol. The number of amides is 1. The number of anilines is 1. The Morgan fingerprint density at radius 1 is 1.56 bits per heavy atom. The van der Waals surface area contributed by atoms with E-state index in [1.807, 2.05) is 0 Å². The van der Waals surface area contributed by atoms with Gasteiger partial charge in [0, 0.05) is 23.8 Å². The highest BCUT2D eigenvalue weighted by molar-refractivity contribution is 7.87. The summed E-state index contributed by atoms with van der Waals surface area (Å²) in [5.74, 6) is -1.16. The van der Waals surface area contributed by atoms with Gasteiger partial charge in [0.15, 0.2) is 0 Å². The maximum atomic E-state index is 13.3. The molecule has 11 heteroatoms. The van der Waals surface area contributed by atoms with Crippen LogP contribution in [0.4, 0.5) is 10.1 Å². The molecule has 2 N–H and O–H groups in total. The predicted octanol–water partition coefficient (Wildman–Crippen LogP) is 2.71. The molecule has 0 aliphatic carbocycles. The lowest BCUT2D eigenvalue weighted by molar-refractivity contribution is -0.120. The van der Waals surface area contributed by atoms with E-state index in [0.717, 1.165) is 10.4 Å². The SMILES string of the molecule is C=CCN1[C@H](C(=O)Nc2ccc(F)c(Cl)c2)C[C@H](c2nccs2)NS1(=O)=O. The third-order valence-corrected chi connectivity index (χ3v) is 6.74. The summed E-state index contributed by atoms with van der Waals surface area (Å²) in [4.78, 5) is 17.0. The number of nitrogens with zero attached hydrogens (tertiary/aromatic N) is 2. The fraction of sp³-hybridized carbons (Fsp3) is 0.250. The molecule has 1 aromatic heterocycles. The van der Waals surface area contributed by atoms with Crippen LogP contribution in [0.5, 0.6) is 0 Å². The van der Waals surface area contributed by atoms with Crippen LogP contribution in [0.2, 0.25) is 5.02 Å². The minimum Gasteiger partial charge on any atom is -0.325 e.